The molecule has 33 heavy (non-hydrogen) atoms. The van der Waals surface area contributed by atoms with Crippen LogP contribution in [0.25, 0.3) is 11.0 Å². The Hall–Kier alpha value is -3.27. The van der Waals surface area contributed by atoms with E-state index in [2.05, 4.69) is 5.10 Å². The van der Waals surface area contributed by atoms with Crippen LogP contribution in [0.2, 0.25) is 0 Å². The molecule has 0 spiro atoms. The SMILES string of the molecule is COCc1c(C(=O)OCC(=O)N2N=C(c3cccs3)CC2c2cccs2)oc2ccccc12. The first-order valence-corrected chi connectivity index (χ1v) is 12.0. The van der Waals surface area contributed by atoms with Crippen molar-refractivity contribution in [3.8, 4) is 0 Å². The summed E-state index contributed by atoms with van der Waals surface area (Å²) >= 11 is 3.15. The molecule has 168 valence electrons. The minimum absolute atomic E-state index is 0.0462. The summed E-state index contributed by atoms with van der Waals surface area (Å²) in [5, 5.41) is 10.7. The molecule has 0 fully saturated rings. The van der Waals surface area contributed by atoms with Crippen molar-refractivity contribution < 1.29 is 23.5 Å². The predicted molar refractivity (Wildman–Crippen MR) is 127 cm³/mol. The van der Waals surface area contributed by atoms with Crippen molar-refractivity contribution in [3.63, 3.8) is 0 Å². The number of furan rings is 1. The fourth-order valence-electron chi connectivity index (χ4n) is 3.84. The molecule has 0 aliphatic carbocycles. The fourth-order valence-corrected chi connectivity index (χ4v) is 5.38. The molecule has 0 saturated carbocycles. The summed E-state index contributed by atoms with van der Waals surface area (Å²) in [6.07, 6.45) is 0.613. The van der Waals surface area contributed by atoms with Crippen molar-refractivity contribution >= 4 is 51.2 Å². The van der Waals surface area contributed by atoms with Crippen LogP contribution in [-0.4, -0.2) is 36.3 Å². The van der Waals surface area contributed by atoms with E-state index >= 15 is 0 Å². The smallest absolute Gasteiger partial charge is 0.375 e. The van der Waals surface area contributed by atoms with Crippen LogP contribution in [0.3, 0.4) is 0 Å². The van der Waals surface area contributed by atoms with Crippen LogP contribution in [0, 0.1) is 0 Å². The van der Waals surface area contributed by atoms with E-state index in [-0.39, 0.29) is 18.4 Å². The minimum Gasteiger partial charge on any atom is -0.450 e. The van der Waals surface area contributed by atoms with E-state index in [4.69, 9.17) is 13.9 Å². The maximum atomic E-state index is 13.1. The number of carbonyl (C=O) groups excluding carboxylic acids is 2. The van der Waals surface area contributed by atoms with E-state index in [0.29, 0.717) is 17.6 Å². The number of methoxy groups -OCH3 is 1. The monoisotopic (exact) mass is 480 g/mol. The van der Waals surface area contributed by atoms with Crippen LogP contribution >= 0.6 is 22.7 Å². The number of hydrogen-bond acceptors (Lipinski definition) is 8. The van der Waals surface area contributed by atoms with Crippen molar-refractivity contribution in [1.29, 1.82) is 0 Å². The zero-order valence-electron chi connectivity index (χ0n) is 17.7. The Kier molecular flexibility index (Phi) is 6.08. The largest absolute Gasteiger partial charge is 0.450 e. The van der Waals surface area contributed by atoms with E-state index in [1.807, 2.05) is 53.2 Å². The fraction of sp³-hybridized carbons (Fsp3) is 0.208. The van der Waals surface area contributed by atoms with Gasteiger partial charge in [-0.25, -0.2) is 9.80 Å². The van der Waals surface area contributed by atoms with E-state index in [1.165, 1.54) is 5.01 Å². The Morgan fingerprint density at radius 3 is 2.70 bits per heavy atom. The summed E-state index contributed by atoms with van der Waals surface area (Å²) in [4.78, 5) is 28.0. The lowest BCUT2D eigenvalue weighted by molar-refractivity contribution is -0.136. The molecule has 3 aromatic heterocycles. The Morgan fingerprint density at radius 1 is 1.12 bits per heavy atom. The second-order valence-electron chi connectivity index (χ2n) is 7.41. The number of amides is 1. The van der Waals surface area contributed by atoms with Crippen molar-refractivity contribution in [1.82, 2.24) is 5.01 Å². The van der Waals surface area contributed by atoms with E-state index in [9.17, 15) is 9.59 Å². The number of para-hydroxylation sites is 1. The Balaban J connectivity index is 1.35. The van der Waals surface area contributed by atoms with Gasteiger partial charge < -0.3 is 13.9 Å². The zero-order chi connectivity index (χ0) is 22.8. The number of ether oxygens (including phenoxy) is 2. The van der Waals surface area contributed by atoms with Crippen molar-refractivity contribution in [2.75, 3.05) is 13.7 Å². The van der Waals surface area contributed by atoms with E-state index in [0.717, 1.165) is 20.9 Å². The van der Waals surface area contributed by atoms with Crippen LogP contribution in [-0.2, 0) is 20.9 Å². The van der Waals surface area contributed by atoms with Crippen LogP contribution < -0.4 is 0 Å². The normalized spacial score (nSPS) is 15.7. The maximum absolute atomic E-state index is 13.1. The number of hydrazone groups is 1. The highest BCUT2D eigenvalue weighted by atomic mass is 32.1. The number of nitrogens with zero attached hydrogens (tertiary/aromatic N) is 2. The van der Waals surface area contributed by atoms with Gasteiger partial charge in [0.15, 0.2) is 6.61 Å². The van der Waals surface area contributed by atoms with Gasteiger partial charge in [-0.3, -0.25) is 4.79 Å². The van der Waals surface area contributed by atoms with Gasteiger partial charge in [0, 0.05) is 29.4 Å². The van der Waals surface area contributed by atoms with Gasteiger partial charge in [0.1, 0.15) is 5.58 Å². The number of esters is 1. The van der Waals surface area contributed by atoms with Crippen LogP contribution in [0.1, 0.15) is 38.3 Å². The van der Waals surface area contributed by atoms with Gasteiger partial charge in [0.05, 0.1) is 23.2 Å². The summed E-state index contributed by atoms with van der Waals surface area (Å²) in [6.45, 7) is -0.248. The van der Waals surface area contributed by atoms with Crippen molar-refractivity contribution in [2.45, 2.75) is 19.1 Å². The number of thiophene rings is 2. The van der Waals surface area contributed by atoms with Gasteiger partial charge in [-0.15, -0.1) is 22.7 Å². The molecular formula is C24H20N2O5S2. The van der Waals surface area contributed by atoms with Crippen LogP contribution in [0.5, 0.6) is 0 Å². The summed E-state index contributed by atoms with van der Waals surface area (Å²) in [7, 11) is 1.54. The van der Waals surface area contributed by atoms with E-state index < -0.39 is 18.5 Å². The molecule has 5 rings (SSSR count). The molecule has 1 aliphatic rings. The lowest BCUT2D eigenvalue weighted by Gasteiger charge is -2.20. The zero-order valence-corrected chi connectivity index (χ0v) is 19.4. The van der Waals surface area contributed by atoms with Crippen LogP contribution in [0.4, 0.5) is 0 Å². The Bertz CT molecular complexity index is 1310. The molecule has 7 nitrogen and oxygen atoms in total. The lowest BCUT2D eigenvalue weighted by Crippen LogP contribution is -2.31. The van der Waals surface area contributed by atoms with Gasteiger partial charge in [0.2, 0.25) is 5.76 Å². The highest BCUT2D eigenvalue weighted by Gasteiger charge is 2.35. The third kappa shape index (κ3) is 4.22. The third-order valence-electron chi connectivity index (χ3n) is 5.34. The minimum atomic E-state index is -0.707. The number of hydrogen-bond donors (Lipinski definition) is 0. The standard InChI is InChI=1S/C24H20N2O5S2/c1-29-13-16-15-6-2-3-7-19(15)31-23(16)24(28)30-14-22(27)26-18(21-9-5-11-33-21)12-17(25-26)20-8-4-10-32-20/h2-11,18H,12-14H2,1H3. The van der Waals surface area contributed by atoms with Crippen LogP contribution in [0.15, 0.2) is 68.8 Å². The molecule has 1 amide bonds. The molecule has 4 heterocycles. The van der Waals surface area contributed by atoms with Gasteiger partial charge >= 0.3 is 5.97 Å². The maximum Gasteiger partial charge on any atom is 0.375 e. The summed E-state index contributed by atoms with van der Waals surface area (Å²) in [6, 6.07) is 15.0. The predicted octanol–water partition coefficient (Wildman–Crippen LogP) is 5.24. The molecule has 0 N–H and O–H groups in total. The van der Waals surface area contributed by atoms with Gasteiger partial charge in [-0.05, 0) is 29.0 Å². The molecule has 0 bridgehead atoms. The first-order valence-electron chi connectivity index (χ1n) is 10.3. The molecule has 1 atom stereocenters. The molecule has 1 unspecified atom stereocenters. The third-order valence-corrected chi connectivity index (χ3v) is 7.23. The summed E-state index contributed by atoms with van der Waals surface area (Å²) in [5.74, 6) is -1.05. The molecule has 0 radical (unpaired) electrons. The van der Waals surface area contributed by atoms with Crippen molar-refractivity contribution in [2.24, 2.45) is 5.10 Å². The molecule has 1 aliphatic heterocycles. The molecule has 4 aromatic rings. The highest BCUT2D eigenvalue weighted by molar-refractivity contribution is 7.12. The van der Waals surface area contributed by atoms with Gasteiger partial charge in [0.25, 0.3) is 5.91 Å². The number of rotatable bonds is 7. The van der Waals surface area contributed by atoms with Crippen molar-refractivity contribution in [3.05, 3.63) is 80.4 Å². The Labute approximate surface area is 197 Å². The quantitative estimate of drug-likeness (QED) is 0.338. The average molecular weight is 481 g/mol. The second-order valence-corrected chi connectivity index (χ2v) is 9.34. The Morgan fingerprint density at radius 2 is 1.94 bits per heavy atom. The van der Waals surface area contributed by atoms with Gasteiger partial charge in [-0.2, -0.15) is 5.10 Å². The molecule has 0 saturated heterocycles. The average Bonchev–Trinajstić information content (AvgIpc) is 3.62. The molecule has 9 heteroatoms. The molecule has 1 aromatic carbocycles. The first-order chi connectivity index (χ1) is 16.2. The highest BCUT2D eigenvalue weighted by Crippen LogP contribution is 2.36. The first kappa shape index (κ1) is 21.6. The number of benzene rings is 1. The lowest BCUT2D eigenvalue weighted by atomic mass is 10.1. The second kappa shape index (κ2) is 9.30. The summed E-state index contributed by atoms with van der Waals surface area (Å²) < 4.78 is 16.3. The number of carbonyl (C=O) groups is 2. The van der Waals surface area contributed by atoms with Gasteiger partial charge in [-0.1, -0.05) is 30.3 Å². The number of fused-ring (bicyclic) bond motifs is 1. The summed E-state index contributed by atoms with van der Waals surface area (Å²) in [5.41, 5.74) is 2.01. The topological polar surface area (TPSA) is 81.3 Å². The van der Waals surface area contributed by atoms with E-state index in [1.54, 1.807) is 35.8 Å². The molecular weight excluding hydrogens is 460 g/mol.